The van der Waals surface area contributed by atoms with Crippen LogP contribution < -0.4 is 10.1 Å². The van der Waals surface area contributed by atoms with Gasteiger partial charge in [-0.3, -0.25) is 9.89 Å². The minimum Gasteiger partial charge on any atom is -0.486 e. The van der Waals surface area contributed by atoms with Crippen molar-refractivity contribution in [2.24, 2.45) is 0 Å². The number of anilines is 1. The molecule has 0 unspecified atom stereocenters. The van der Waals surface area contributed by atoms with Gasteiger partial charge in [-0.25, -0.2) is 9.37 Å². The van der Waals surface area contributed by atoms with Crippen LogP contribution >= 0.6 is 11.8 Å². The Morgan fingerprint density at radius 2 is 2.08 bits per heavy atom. The molecular weight excluding hydrogens is 355 g/mol. The number of rotatable bonds is 7. The van der Waals surface area contributed by atoms with E-state index in [-0.39, 0.29) is 18.3 Å². The molecule has 0 fully saturated rings. The van der Waals surface area contributed by atoms with Gasteiger partial charge in [0.05, 0.1) is 5.75 Å². The number of aromatic amines is 1. The van der Waals surface area contributed by atoms with Crippen molar-refractivity contribution in [1.29, 1.82) is 0 Å². The number of carbonyl (C=O) groups excluding carboxylic acids is 1. The first kappa shape index (κ1) is 17.9. The second-order valence-electron chi connectivity index (χ2n) is 5.46. The third-order valence-electron chi connectivity index (χ3n) is 3.44. The lowest BCUT2D eigenvalue weighted by Gasteiger charge is -2.07. The fourth-order valence-corrected chi connectivity index (χ4v) is 2.74. The quantitative estimate of drug-likeness (QED) is 0.620. The van der Waals surface area contributed by atoms with Gasteiger partial charge in [0.2, 0.25) is 11.1 Å². The molecule has 1 heterocycles. The van der Waals surface area contributed by atoms with Gasteiger partial charge in [-0.1, -0.05) is 36.0 Å². The van der Waals surface area contributed by atoms with Gasteiger partial charge in [0.1, 0.15) is 18.2 Å². The molecule has 3 rings (SSSR count). The fraction of sp³-hybridized carbons (Fsp3) is 0.167. The number of nitrogens with one attached hydrogen (secondary N) is 2. The Bertz CT molecular complexity index is 886. The Morgan fingerprint density at radius 1 is 1.27 bits per heavy atom. The molecule has 3 aromatic rings. The average molecular weight is 372 g/mol. The molecule has 6 nitrogen and oxygen atoms in total. The van der Waals surface area contributed by atoms with E-state index in [1.807, 2.05) is 30.3 Å². The maximum Gasteiger partial charge on any atom is 0.234 e. The molecule has 0 saturated carbocycles. The minimum atomic E-state index is -0.393. The molecule has 0 saturated heterocycles. The first-order valence-electron chi connectivity index (χ1n) is 7.88. The van der Waals surface area contributed by atoms with Crippen LogP contribution in [0.15, 0.2) is 53.7 Å². The van der Waals surface area contributed by atoms with Crippen molar-refractivity contribution >= 4 is 23.4 Å². The molecule has 134 valence electrons. The summed E-state index contributed by atoms with van der Waals surface area (Å²) in [5.41, 5.74) is 1.26. The van der Waals surface area contributed by atoms with Crippen LogP contribution in [0.4, 0.5) is 10.1 Å². The minimum absolute atomic E-state index is 0.118. The summed E-state index contributed by atoms with van der Waals surface area (Å²) in [7, 11) is 0. The Hall–Kier alpha value is -2.87. The number of benzene rings is 2. The van der Waals surface area contributed by atoms with Crippen LogP contribution in [0.2, 0.25) is 0 Å². The summed E-state index contributed by atoms with van der Waals surface area (Å²) in [6.45, 7) is 2.06. The van der Waals surface area contributed by atoms with Crippen molar-refractivity contribution in [3.63, 3.8) is 0 Å². The predicted molar refractivity (Wildman–Crippen MR) is 97.6 cm³/mol. The lowest BCUT2D eigenvalue weighted by Crippen LogP contribution is -2.15. The molecule has 0 aliphatic rings. The molecular formula is C18H17FN4O2S. The highest BCUT2D eigenvalue weighted by molar-refractivity contribution is 7.99. The normalized spacial score (nSPS) is 10.5. The SMILES string of the molecule is Cc1ccc(F)cc1NC(=O)CSc1n[nH]c(COc2ccccc2)n1. The van der Waals surface area contributed by atoms with E-state index in [2.05, 4.69) is 20.5 Å². The van der Waals surface area contributed by atoms with Crippen LogP contribution in [0.3, 0.4) is 0 Å². The van der Waals surface area contributed by atoms with E-state index in [9.17, 15) is 9.18 Å². The summed E-state index contributed by atoms with van der Waals surface area (Å²) in [4.78, 5) is 16.3. The number of ether oxygens (including phenoxy) is 1. The summed E-state index contributed by atoms with van der Waals surface area (Å²) in [5.74, 6) is 0.777. The zero-order chi connectivity index (χ0) is 18.4. The molecule has 2 N–H and O–H groups in total. The van der Waals surface area contributed by atoms with Gasteiger partial charge in [-0.05, 0) is 36.8 Å². The van der Waals surface area contributed by atoms with Crippen LogP contribution in [0.5, 0.6) is 5.75 Å². The van der Waals surface area contributed by atoms with Crippen molar-refractivity contribution in [2.75, 3.05) is 11.1 Å². The van der Waals surface area contributed by atoms with E-state index in [1.165, 1.54) is 23.9 Å². The first-order chi connectivity index (χ1) is 12.6. The van der Waals surface area contributed by atoms with Gasteiger partial charge in [-0.15, -0.1) is 5.10 Å². The van der Waals surface area contributed by atoms with E-state index in [4.69, 9.17) is 4.74 Å². The molecule has 0 aliphatic heterocycles. The lowest BCUT2D eigenvalue weighted by atomic mass is 10.2. The molecule has 8 heteroatoms. The van der Waals surface area contributed by atoms with E-state index in [0.29, 0.717) is 16.7 Å². The van der Waals surface area contributed by atoms with E-state index < -0.39 is 5.82 Å². The van der Waals surface area contributed by atoms with Gasteiger partial charge in [-0.2, -0.15) is 0 Å². The zero-order valence-electron chi connectivity index (χ0n) is 14.0. The smallest absolute Gasteiger partial charge is 0.234 e. The van der Waals surface area contributed by atoms with E-state index in [0.717, 1.165) is 11.3 Å². The molecule has 0 bridgehead atoms. The van der Waals surface area contributed by atoms with Crippen LogP contribution in [0.1, 0.15) is 11.4 Å². The van der Waals surface area contributed by atoms with Gasteiger partial charge in [0.25, 0.3) is 0 Å². The lowest BCUT2D eigenvalue weighted by molar-refractivity contribution is -0.113. The van der Waals surface area contributed by atoms with Crippen LogP contribution in [-0.4, -0.2) is 26.8 Å². The molecule has 26 heavy (non-hydrogen) atoms. The van der Waals surface area contributed by atoms with Gasteiger partial charge in [0.15, 0.2) is 5.82 Å². The maximum atomic E-state index is 13.3. The highest BCUT2D eigenvalue weighted by Gasteiger charge is 2.10. The van der Waals surface area contributed by atoms with Crippen LogP contribution in [-0.2, 0) is 11.4 Å². The number of halogens is 1. The van der Waals surface area contributed by atoms with Gasteiger partial charge < -0.3 is 10.1 Å². The largest absolute Gasteiger partial charge is 0.486 e. The van der Waals surface area contributed by atoms with Crippen LogP contribution in [0.25, 0.3) is 0 Å². The third kappa shape index (κ3) is 5.06. The maximum absolute atomic E-state index is 13.3. The molecule has 2 aromatic carbocycles. The second-order valence-corrected chi connectivity index (χ2v) is 6.40. The predicted octanol–water partition coefficient (Wildman–Crippen LogP) is 3.56. The highest BCUT2D eigenvalue weighted by atomic mass is 32.2. The van der Waals surface area contributed by atoms with Gasteiger partial charge >= 0.3 is 0 Å². The number of hydrogen-bond donors (Lipinski definition) is 2. The first-order valence-corrected chi connectivity index (χ1v) is 8.86. The number of para-hydroxylation sites is 1. The molecule has 0 atom stereocenters. The van der Waals surface area contributed by atoms with Crippen LogP contribution in [0, 0.1) is 12.7 Å². The standard InChI is InChI=1S/C18H17FN4O2S/c1-12-7-8-13(19)9-15(12)20-17(24)11-26-18-21-16(22-23-18)10-25-14-5-3-2-4-6-14/h2-9H,10-11H2,1H3,(H,20,24)(H,21,22,23). The number of thioether (sulfide) groups is 1. The number of aryl methyl sites for hydroxylation is 1. The van der Waals surface area contributed by atoms with Crippen molar-refractivity contribution < 1.29 is 13.9 Å². The zero-order valence-corrected chi connectivity index (χ0v) is 14.8. The Morgan fingerprint density at radius 3 is 2.88 bits per heavy atom. The Kier molecular flexibility index (Phi) is 5.85. The van der Waals surface area contributed by atoms with Crippen molar-refractivity contribution in [3.05, 3.63) is 65.7 Å². The summed E-state index contributed by atoms with van der Waals surface area (Å²) in [6.07, 6.45) is 0. The number of nitrogens with zero attached hydrogens (tertiary/aromatic N) is 2. The van der Waals surface area contributed by atoms with Crippen molar-refractivity contribution in [2.45, 2.75) is 18.7 Å². The molecule has 0 radical (unpaired) electrons. The Labute approximate surface area is 154 Å². The van der Waals surface area contributed by atoms with E-state index in [1.54, 1.807) is 13.0 Å². The Balaban J connectivity index is 1.48. The number of carbonyl (C=O) groups is 1. The van der Waals surface area contributed by atoms with Crippen molar-refractivity contribution in [1.82, 2.24) is 15.2 Å². The van der Waals surface area contributed by atoms with Gasteiger partial charge in [0, 0.05) is 5.69 Å². The summed E-state index contributed by atoms with van der Waals surface area (Å²) < 4.78 is 18.8. The monoisotopic (exact) mass is 372 g/mol. The highest BCUT2D eigenvalue weighted by Crippen LogP contribution is 2.18. The average Bonchev–Trinajstić information content (AvgIpc) is 3.10. The molecule has 0 spiro atoms. The number of amides is 1. The third-order valence-corrected chi connectivity index (χ3v) is 4.28. The molecule has 1 aromatic heterocycles. The number of hydrogen-bond acceptors (Lipinski definition) is 5. The molecule has 1 amide bonds. The molecule has 0 aliphatic carbocycles. The topological polar surface area (TPSA) is 79.9 Å². The number of H-pyrrole nitrogens is 1. The van der Waals surface area contributed by atoms with E-state index >= 15 is 0 Å². The van der Waals surface area contributed by atoms with Crippen molar-refractivity contribution in [3.8, 4) is 5.75 Å². The summed E-state index contributed by atoms with van der Waals surface area (Å²) in [6, 6.07) is 13.6. The summed E-state index contributed by atoms with van der Waals surface area (Å²) >= 11 is 1.19. The second kappa shape index (κ2) is 8.48. The summed E-state index contributed by atoms with van der Waals surface area (Å²) in [5, 5.41) is 9.96. The number of aromatic nitrogens is 3. The fourth-order valence-electron chi connectivity index (χ4n) is 2.12.